The van der Waals surface area contributed by atoms with E-state index in [4.69, 9.17) is 9.47 Å². The molecular weight excluding hydrogens is 476 g/mol. The molecule has 0 aliphatic rings. The van der Waals surface area contributed by atoms with E-state index in [1.54, 1.807) is 42.5 Å². The second-order valence-electron chi connectivity index (χ2n) is 7.93. The first kappa shape index (κ1) is 25.1. The lowest BCUT2D eigenvalue weighted by Crippen LogP contribution is -2.41. The van der Waals surface area contributed by atoms with Crippen molar-refractivity contribution in [1.29, 1.82) is 0 Å². The summed E-state index contributed by atoms with van der Waals surface area (Å²) in [4.78, 5) is 12.8. The molecule has 0 heterocycles. The summed E-state index contributed by atoms with van der Waals surface area (Å²) in [6.45, 7) is 2.44. The molecule has 0 saturated carbocycles. The van der Waals surface area contributed by atoms with Crippen LogP contribution in [0.4, 0.5) is 5.69 Å². The molecule has 7 nitrogen and oxygen atoms in total. The van der Waals surface area contributed by atoms with Gasteiger partial charge >= 0.3 is 0 Å². The third kappa shape index (κ3) is 5.95. The normalized spacial score (nSPS) is 11.1. The smallest absolute Gasteiger partial charge is 0.264 e. The van der Waals surface area contributed by atoms with E-state index in [9.17, 15) is 13.2 Å². The van der Waals surface area contributed by atoms with Crippen molar-refractivity contribution in [1.82, 2.24) is 5.32 Å². The summed E-state index contributed by atoms with van der Waals surface area (Å²) in [6, 6.07) is 28.4. The fourth-order valence-corrected chi connectivity index (χ4v) is 5.19. The van der Waals surface area contributed by atoms with Gasteiger partial charge in [0.2, 0.25) is 5.91 Å². The lowest BCUT2D eigenvalue weighted by atomic mass is 10.1. The van der Waals surface area contributed by atoms with Crippen LogP contribution in [-0.4, -0.2) is 40.6 Å². The molecular formula is C28H28N2O5S. The van der Waals surface area contributed by atoms with E-state index in [1.165, 1.54) is 12.1 Å². The van der Waals surface area contributed by atoms with Crippen molar-refractivity contribution in [2.24, 2.45) is 0 Å². The Kier molecular flexibility index (Phi) is 8.07. The zero-order valence-electron chi connectivity index (χ0n) is 20.0. The maximum Gasteiger partial charge on any atom is 0.264 e. The number of nitrogens with zero attached hydrogens (tertiary/aromatic N) is 1. The fourth-order valence-electron chi connectivity index (χ4n) is 3.77. The highest BCUT2D eigenvalue weighted by molar-refractivity contribution is 7.92. The summed E-state index contributed by atoms with van der Waals surface area (Å²) >= 11 is 0. The first-order valence-electron chi connectivity index (χ1n) is 11.7. The number of carbonyl (C=O) groups excluding carboxylic acids is 1. The van der Waals surface area contributed by atoms with E-state index < -0.39 is 15.9 Å². The number of sulfonamides is 1. The van der Waals surface area contributed by atoms with Crippen LogP contribution >= 0.6 is 0 Å². The monoisotopic (exact) mass is 504 g/mol. The Morgan fingerprint density at radius 1 is 0.833 bits per heavy atom. The first-order chi connectivity index (χ1) is 17.5. The van der Waals surface area contributed by atoms with E-state index in [0.717, 1.165) is 20.8 Å². The molecule has 186 valence electrons. The minimum Gasteiger partial charge on any atom is -0.494 e. The fraction of sp³-hybridized carbons (Fsp3) is 0.179. The lowest BCUT2D eigenvalue weighted by molar-refractivity contribution is -0.119. The van der Waals surface area contributed by atoms with Crippen LogP contribution in [-0.2, 0) is 14.8 Å². The molecule has 4 aromatic carbocycles. The molecule has 1 amide bonds. The molecule has 4 aromatic rings. The van der Waals surface area contributed by atoms with Crippen LogP contribution in [0.1, 0.15) is 6.92 Å². The molecule has 0 aliphatic heterocycles. The Hall–Kier alpha value is -4.04. The minimum absolute atomic E-state index is 0.0712. The highest BCUT2D eigenvalue weighted by atomic mass is 32.2. The van der Waals surface area contributed by atoms with Gasteiger partial charge in [0.25, 0.3) is 10.0 Å². The number of nitrogens with one attached hydrogen (secondary N) is 1. The highest BCUT2D eigenvalue weighted by Gasteiger charge is 2.27. The van der Waals surface area contributed by atoms with E-state index in [-0.39, 0.29) is 24.6 Å². The number of hydrogen-bond donors (Lipinski definition) is 1. The molecule has 36 heavy (non-hydrogen) atoms. The van der Waals surface area contributed by atoms with Gasteiger partial charge in [0.05, 0.1) is 23.7 Å². The van der Waals surface area contributed by atoms with Gasteiger partial charge in [-0.25, -0.2) is 8.42 Å². The number of carbonyl (C=O) groups is 1. The number of para-hydroxylation sites is 1. The van der Waals surface area contributed by atoms with Gasteiger partial charge in [-0.15, -0.1) is 0 Å². The Morgan fingerprint density at radius 3 is 2.28 bits per heavy atom. The van der Waals surface area contributed by atoms with Gasteiger partial charge in [-0.3, -0.25) is 9.10 Å². The van der Waals surface area contributed by atoms with Crippen molar-refractivity contribution in [3.63, 3.8) is 0 Å². The maximum absolute atomic E-state index is 13.5. The number of benzene rings is 4. The molecule has 0 saturated heterocycles. The lowest BCUT2D eigenvalue weighted by Gasteiger charge is -2.24. The van der Waals surface area contributed by atoms with Crippen LogP contribution in [0.2, 0.25) is 0 Å². The van der Waals surface area contributed by atoms with Crippen LogP contribution in [0.25, 0.3) is 10.8 Å². The summed E-state index contributed by atoms with van der Waals surface area (Å²) in [5.41, 5.74) is 0.397. The largest absolute Gasteiger partial charge is 0.494 e. The Bertz CT molecular complexity index is 1400. The molecule has 4 rings (SSSR count). The second-order valence-corrected chi connectivity index (χ2v) is 9.79. The van der Waals surface area contributed by atoms with Gasteiger partial charge in [-0.1, -0.05) is 54.6 Å². The number of hydrogen-bond acceptors (Lipinski definition) is 5. The minimum atomic E-state index is -3.99. The molecule has 0 radical (unpaired) electrons. The molecule has 0 spiro atoms. The van der Waals surface area contributed by atoms with Crippen LogP contribution in [0.15, 0.2) is 102 Å². The summed E-state index contributed by atoms with van der Waals surface area (Å²) in [7, 11) is -3.99. The van der Waals surface area contributed by atoms with E-state index >= 15 is 0 Å². The van der Waals surface area contributed by atoms with Gasteiger partial charge < -0.3 is 14.8 Å². The van der Waals surface area contributed by atoms with Crippen molar-refractivity contribution in [2.75, 3.05) is 30.6 Å². The van der Waals surface area contributed by atoms with Crippen molar-refractivity contribution in [2.45, 2.75) is 11.8 Å². The van der Waals surface area contributed by atoms with Gasteiger partial charge in [-0.05, 0) is 54.8 Å². The Balaban J connectivity index is 1.42. The van der Waals surface area contributed by atoms with Crippen molar-refractivity contribution < 1.29 is 22.7 Å². The number of anilines is 1. The molecule has 0 fully saturated rings. The zero-order chi connectivity index (χ0) is 25.4. The second kappa shape index (κ2) is 11.6. The van der Waals surface area contributed by atoms with Gasteiger partial charge in [0, 0.05) is 5.39 Å². The van der Waals surface area contributed by atoms with E-state index in [1.807, 2.05) is 49.4 Å². The molecule has 0 aliphatic carbocycles. The van der Waals surface area contributed by atoms with Crippen LogP contribution in [0, 0.1) is 0 Å². The van der Waals surface area contributed by atoms with Crippen molar-refractivity contribution >= 4 is 32.4 Å². The number of fused-ring (bicyclic) bond motifs is 1. The maximum atomic E-state index is 13.5. The molecule has 1 N–H and O–H groups in total. The van der Waals surface area contributed by atoms with Gasteiger partial charge in [0.15, 0.2) is 0 Å². The van der Waals surface area contributed by atoms with Crippen LogP contribution in [0.5, 0.6) is 11.5 Å². The van der Waals surface area contributed by atoms with E-state index in [0.29, 0.717) is 18.0 Å². The summed E-state index contributed by atoms with van der Waals surface area (Å²) in [5, 5.41) is 4.82. The third-order valence-corrected chi connectivity index (χ3v) is 7.27. The average Bonchev–Trinajstić information content (AvgIpc) is 2.91. The Labute approximate surface area is 211 Å². The van der Waals surface area contributed by atoms with Crippen molar-refractivity contribution in [3.05, 3.63) is 97.1 Å². The molecule has 0 atom stereocenters. The van der Waals surface area contributed by atoms with Crippen LogP contribution in [0.3, 0.4) is 0 Å². The predicted molar refractivity (Wildman–Crippen MR) is 141 cm³/mol. The van der Waals surface area contributed by atoms with Crippen molar-refractivity contribution in [3.8, 4) is 11.5 Å². The zero-order valence-corrected chi connectivity index (χ0v) is 20.8. The number of rotatable bonds is 11. The highest BCUT2D eigenvalue weighted by Crippen LogP contribution is 2.26. The number of amides is 1. The quantitative estimate of drug-likeness (QED) is 0.301. The van der Waals surface area contributed by atoms with Gasteiger partial charge in [-0.2, -0.15) is 0 Å². The molecule has 0 aromatic heterocycles. The summed E-state index contributed by atoms with van der Waals surface area (Å²) < 4.78 is 39.3. The summed E-state index contributed by atoms with van der Waals surface area (Å²) in [6.07, 6.45) is 0. The predicted octanol–water partition coefficient (Wildman–Crippen LogP) is 4.63. The summed E-state index contributed by atoms with van der Waals surface area (Å²) in [5.74, 6) is 0.868. The molecule has 0 unspecified atom stereocenters. The number of ether oxygens (including phenoxy) is 2. The molecule has 0 bridgehead atoms. The third-order valence-electron chi connectivity index (χ3n) is 5.49. The van der Waals surface area contributed by atoms with Gasteiger partial charge in [0.1, 0.15) is 24.7 Å². The SMILES string of the molecule is CCOc1ccc(S(=O)(=O)N(CC(=O)NCCOc2cccc3ccccc23)c2ccccc2)cc1. The first-order valence-corrected chi connectivity index (χ1v) is 13.1. The Morgan fingerprint density at radius 2 is 1.53 bits per heavy atom. The van der Waals surface area contributed by atoms with E-state index in [2.05, 4.69) is 5.32 Å². The standard InChI is InChI=1S/C28H28N2O5S/c1-2-34-24-15-17-25(18-16-24)36(32,33)30(23-11-4-3-5-12-23)21-28(31)29-19-20-35-27-14-8-10-22-9-6-7-13-26(22)27/h3-18H,2,19-21H2,1H3,(H,29,31). The average molecular weight is 505 g/mol. The topological polar surface area (TPSA) is 84.9 Å². The van der Waals surface area contributed by atoms with Crippen LogP contribution < -0.4 is 19.1 Å². The molecule has 8 heteroatoms.